The lowest BCUT2D eigenvalue weighted by Gasteiger charge is -2.09. The number of halogens is 1. The van der Waals surface area contributed by atoms with Crippen LogP contribution in [-0.2, 0) is 13.6 Å². The van der Waals surface area contributed by atoms with Gasteiger partial charge in [0.15, 0.2) is 5.69 Å². The van der Waals surface area contributed by atoms with E-state index in [1.807, 2.05) is 32.2 Å². The van der Waals surface area contributed by atoms with E-state index in [1.165, 1.54) is 0 Å². The smallest absolute Gasteiger partial charge is 0.276 e. The zero-order valence-corrected chi connectivity index (χ0v) is 13.4. The van der Waals surface area contributed by atoms with Crippen LogP contribution in [0.1, 0.15) is 21.7 Å². The monoisotopic (exact) mass is 322 g/mol. The summed E-state index contributed by atoms with van der Waals surface area (Å²) in [5.41, 5.74) is 3.15. The summed E-state index contributed by atoms with van der Waals surface area (Å²) in [4.78, 5) is 12.2. The fourth-order valence-corrected chi connectivity index (χ4v) is 2.26. The van der Waals surface area contributed by atoms with Crippen molar-refractivity contribution in [2.24, 2.45) is 7.05 Å². The second-order valence-corrected chi connectivity index (χ2v) is 5.10. The number of ether oxygens (including phenoxy) is 1. The van der Waals surface area contributed by atoms with E-state index in [1.54, 1.807) is 10.7 Å². The fourth-order valence-electron chi connectivity index (χ4n) is 2.26. The number of benzene rings is 1. The van der Waals surface area contributed by atoms with Gasteiger partial charge in [-0.1, -0.05) is 0 Å². The molecule has 1 aliphatic rings. The van der Waals surface area contributed by atoms with Gasteiger partial charge in [0.2, 0.25) is 0 Å². The summed E-state index contributed by atoms with van der Waals surface area (Å²) in [5, 5.41) is 10.3. The summed E-state index contributed by atoms with van der Waals surface area (Å²) in [6.07, 6.45) is 0. The van der Waals surface area contributed by atoms with Gasteiger partial charge in [0.1, 0.15) is 12.4 Å². The van der Waals surface area contributed by atoms with Gasteiger partial charge < -0.3 is 15.4 Å². The predicted octanol–water partition coefficient (Wildman–Crippen LogP) is 1.88. The Morgan fingerprint density at radius 3 is 2.95 bits per heavy atom. The van der Waals surface area contributed by atoms with Crippen LogP contribution in [-0.4, -0.2) is 28.8 Å². The zero-order chi connectivity index (χ0) is 14.8. The third-order valence-corrected chi connectivity index (χ3v) is 3.52. The molecule has 1 amide bonds. The highest BCUT2D eigenvalue weighted by Gasteiger charge is 2.13. The third-order valence-electron chi connectivity index (χ3n) is 3.52. The fraction of sp³-hybridized carbons (Fsp3) is 0.333. The summed E-state index contributed by atoms with van der Waals surface area (Å²) in [5.74, 6) is 0.660. The van der Waals surface area contributed by atoms with Gasteiger partial charge in [-0.2, -0.15) is 5.10 Å². The SMILES string of the molecule is Cc1cc(C(=O)Nc2ccc3c(c2)CNCCO3)nn1C.Cl. The van der Waals surface area contributed by atoms with E-state index in [0.717, 1.165) is 35.8 Å². The second-order valence-electron chi connectivity index (χ2n) is 5.10. The number of amides is 1. The van der Waals surface area contributed by atoms with Crippen molar-refractivity contribution in [3.63, 3.8) is 0 Å². The summed E-state index contributed by atoms with van der Waals surface area (Å²) in [7, 11) is 1.82. The van der Waals surface area contributed by atoms with Gasteiger partial charge in [0.05, 0.1) is 0 Å². The maximum Gasteiger partial charge on any atom is 0.276 e. The van der Waals surface area contributed by atoms with Crippen molar-refractivity contribution in [3.05, 3.63) is 41.2 Å². The van der Waals surface area contributed by atoms with Gasteiger partial charge >= 0.3 is 0 Å². The first kappa shape index (κ1) is 16.3. The number of anilines is 1. The molecule has 0 saturated carbocycles. The largest absolute Gasteiger partial charge is 0.492 e. The zero-order valence-electron chi connectivity index (χ0n) is 12.5. The average molecular weight is 323 g/mol. The van der Waals surface area contributed by atoms with E-state index >= 15 is 0 Å². The first-order valence-corrected chi connectivity index (χ1v) is 6.92. The van der Waals surface area contributed by atoms with Crippen LogP contribution in [0.3, 0.4) is 0 Å². The van der Waals surface area contributed by atoms with E-state index in [2.05, 4.69) is 15.7 Å². The number of carbonyl (C=O) groups is 1. The van der Waals surface area contributed by atoms with Crippen LogP contribution in [0, 0.1) is 6.92 Å². The Morgan fingerprint density at radius 1 is 1.41 bits per heavy atom. The Balaban J connectivity index is 0.00000176. The topological polar surface area (TPSA) is 68.2 Å². The minimum absolute atomic E-state index is 0. The molecule has 1 aromatic heterocycles. The van der Waals surface area contributed by atoms with E-state index in [0.29, 0.717) is 12.3 Å². The number of fused-ring (bicyclic) bond motifs is 1. The first-order chi connectivity index (χ1) is 10.1. The Morgan fingerprint density at radius 2 is 2.23 bits per heavy atom. The summed E-state index contributed by atoms with van der Waals surface area (Å²) < 4.78 is 7.31. The van der Waals surface area contributed by atoms with Crippen LogP contribution in [0.15, 0.2) is 24.3 Å². The van der Waals surface area contributed by atoms with Crippen molar-refractivity contribution in [2.75, 3.05) is 18.5 Å². The molecular weight excluding hydrogens is 304 g/mol. The van der Waals surface area contributed by atoms with Crippen molar-refractivity contribution < 1.29 is 9.53 Å². The number of carbonyl (C=O) groups excluding carboxylic acids is 1. The van der Waals surface area contributed by atoms with Gasteiger partial charge in [-0.3, -0.25) is 9.48 Å². The first-order valence-electron chi connectivity index (χ1n) is 6.92. The second kappa shape index (κ2) is 6.81. The number of nitrogens with one attached hydrogen (secondary N) is 2. The predicted molar refractivity (Wildman–Crippen MR) is 86.8 cm³/mol. The molecule has 1 aliphatic heterocycles. The molecule has 0 bridgehead atoms. The average Bonchev–Trinajstić information content (AvgIpc) is 2.68. The highest BCUT2D eigenvalue weighted by Crippen LogP contribution is 2.24. The molecule has 6 nitrogen and oxygen atoms in total. The molecule has 0 fully saturated rings. The lowest BCUT2D eigenvalue weighted by molar-refractivity contribution is 0.102. The van der Waals surface area contributed by atoms with Crippen LogP contribution >= 0.6 is 12.4 Å². The minimum atomic E-state index is -0.207. The summed E-state index contributed by atoms with van der Waals surface area (Å²) >= 11 is 0. The molecule has 0 atom stereocenters. The lowest BCUT2D eigenvalue weighted by atomic mass is 10.1. The van der Waals surface area contributed by atoms with Crippen LogP contribution in [0.4, 0.5) is 5.69 Å². The Kier molecular flexibility index (Phi) is 5.05. The van der Waals surface area contributed by atoms with Crippen molar-refractivity contribution in [2.45, 2.75) is 13.5 Å². The highest BCUT2D eigenvalue weighted by molar-refractivity contribution is 6.03. The van der Waals surface area contributed by atoms with E-state index in [9.17, 15) is 4.79 Å². The minimum Gasteiger partial charge on any atom is -0.492 e. The maximum atomic E-state index is 12.2. The molecule has 0 unspecified atom stereocenters. The van der Waals surface area contributed by atoms with Gasteiger partial charge in [-0.05, 0) is 31.2 Å². The number of hydrogen-bond acceptors (Lipinski definition) is 4. The Bertz CT molecular complexity index is 665. The van der Waals surface area contributed by atoms with Crippen molar-refractivity contribution in [3.8, 4) is 5.75 Å². The molecule has 0 spiro atoms. The number of rotatable bonds is 2. The molecule has 2 heterocycles. The van der Waals surface area contributed by atoms with E-state index < -0.39 is 0 Å². The molecule has 22 heavy (non-hydrogen) atoms. The summed E-state index contributed by atoms with van der Waals surface area (Å²) in [6.45, 7) is 4.13. The quantitative estimate of drug-likeness (QED) is 0.886. The van der Waals surface area contributed by atoms with Crippen LogP contribution in [0.5, 0.6) is 5.75 Å². The molecule has 0 aliphatic carbocycles. The number of hydrogen-bond donors (Lipinski definition) is 2. The van der Waals surface area contributed by atoms with Crippen LogP contribution < -0.4 is 15.4 Å². The molecule has 3 rings (SSSR count). The molecular formula is C15H19ClN4O2. The van der Waals surface area contributed by atoms with Gasteiger partial charge in [0.25, 0.3) is 5.91 Å². The lowest BCUT2D eigenvalue weighted by Crippen LogP contribution is -2.16. The highest BCUT2D eigenvalue weighted by atomic mass is 35.5. The summed E-state index contributed by atoms with van der Waals surface area (Å²) in [6, 6.07) is 7.43. The normalized spacial score (nSPS) is 13.4. The van der Waals surface area contributed by atoms with Gasteiger partial charge in [-0.15, -0.1) is 12.4 Å². The molecule has 2 N–H and O–H groups in total. The molecule has 7 heteroatoms. The standard InChI is InChI=1S/C15H18N4O2.ClH/c1-10-7-13(18-19(10)2)15(20)17-12-3-4-14-11(8-12)9-16-5-6-21-14;/h3-4,7-8,16H,5-6,9H2,1-2H3,(H,17,20);1H. The number of aromatic nitrogens is 2. The van der Waals surface area contributed by atoms with Crippen molar-refractivity contribution in [1.29, 1.82) is 0 Å². The number of nitrogens with zero attached hydrogens (tertiary/aromatic N) is 2. The van der Waals surface area contributed by atoms with Gasteiger partial charge in [0, 0.05) is 37.1 Å². The van der Waals surface area contributed by atoms with Crippen LogP contribution in [0.2, 0.25) is 0 Å². The Labute approximate surface area is 135 Å². The Hall–Kier alpha value is -2.05. The van der Waals surface area contributed by atoms with Crippen LogP contribution in [0.25, 0.3) is 0 Å². The van der Waals surface area contributed by atoms with Crippen molar-refractivity contribution >= 4 is 24.0 Å². The third kappa shape index (κ3) is 3.40. The van der Waals surface area contributed by atoms with E-state index in [4.69, 9.17) is 4.74 Å². The van der Waals surface area contributed by atoms with Gasteiger partial charge in [-0.25, -0.2) is 0 Å². The molecule has 1 aromatic carbocycles. The maximum absolute atomic E-state index is 12.2. The molecule has 118 valence electrons. The molecule has 0 radical (unpaired) electrons. The number of aryl methyl sites for hydroxylation is 2. The molecule has 2 aromatic rings. The van der Waals surface area contributed by atoms with Crippen molar-refractivity contribution in [1.82, 2.24) is 15.1 Å². The molecule has 0 saturated heterocycles. The van der Waals surface area contributed by atoms with E-state index in [-0.39, 0.29) is 18.3 Å².